The van der Waals surface area contributed by atoms with Gasteiger partial charge in [-0.25, -0.2) is 9.18 Å². The number of rotatable bonds is 1. The number of aryl methyl sites for hydroxylation is 1. The highest BCUT2D eigenvalue weighted by Crippen LogP contribution is 2.34. The summed E-state index contributed by atoms with van der Waals surface area (Å²) in [5.41, 5.74) is 1.75. The maximum absolute atomic E-state index is 13.2. The van der Waals surface area contributed by atoms with Crippen LogP contribution in [0.5, 0.6) is 0 Å². The Kier molecular flexibility index (Phi) is 4.08. The lowest BCUT2D eigenvalue weighted by molar-refractivity contribution is 0.125. The maximum Gasteiger partial charge on any atom is 0.407 e. The van der Waals surface area contributed by atoms with E-state index in [1.54, 1.807) is 6.07 Å². The molecule has 0 bridgehead atoms. The zero-order valence-corrected chi connectivity index (χ0v) is 11.4. The molecular formula is C15H20FNO2. The molecule has 0 aliphatic carbocycles. The molecule has 1 aromatic rings. The van der Waals surface area contributed by atoms with Crippen LogP contribution in [0.15, 0.2) is 18.2 Å². The minimum absolute atomic E-state index is 0.150. The highest BCUT2D eigenvalue weighted by molar-refractivity contribution is 5.66. The first-order chi connectivity index (χ1) is 8.99. The monoisotopic (exact) mass is 265 g/mol. The normalized spacial score (nSPS) is 24.1. The first-order valence-electron chi connectivity index (χ1n) is 6.74. The molecule has 0 saturated carbocycles. The third-order valence-electron chi connectivity index (χ3n) is 4.01. The van der Waals surface area contributed by atoms with E-state index >= 15 is 0 Å². The number of benzene rings is 1. The van der Waals surface area contributed by atoms with Crippen LogP contribution in [0.3, 0.4) is 0 Å². The van der Waals surface area contributed by atoms with Gasteiger partial charge in [-0.2, -0.15) is 0 Å². The molecule has 0 spiro atoms. The zero-order chi connectivity index (χ0) is 14.0. The van der Waals surface area contributed by atoms with Crippen LogP contribution in [0.1, 0.15) is 43.4 Å². The summed E-state index contributed by atoms with van der Waals surface area (Å²) < 4.78 is 13.2. The molecule has 1 heterocycles. The van der Waals surface area contributed by atoms with Crippen LogP contribution in [0.2, 0.25) is 0 Å². The fraction of sp³-hybridized carbons (Fsp3) is 0.533. The number of amides is 1. The van der Waals surface area contributed by atoms with Gasteiger partial charge in [0.05, 0.1) is 6.04 Å². The Morgan fingerprint density at radius 2 is 2.11 bits per heavy atom. The number of likely N-dealkylation sites (tertiary alicyclic amines) is 1. The summed E-state index contributed by atoms with van der Waals surface area (Å²) in [7, 11) is 0. The van der Waals surface area contributed by atoms with Crippen molar-refractivity contribution in [2.24, 2.45) is 5.92 Å². The summed E-state index contributed by atoms with van der Waals surface area (Å²) >= 11 is 0. The van der Waals surface area contributed by atoms with E-state index in [0.29, 0.717) is 12.5 Å². The van der Waals surface area contributed by atoms with Gasteiger partial charge < -0.3 is 10.0 Å². The number of nitrogens with zero attached hydrogens (tertiary/aromatic N) is 1. The van der Waals surface area contributed by atoms with Gasteiger partial charge in [0.2, 0.25) is 0 Å². The predicted octanol–water partition coefficient (Wildman–Crippen LogP) is 3.98. The quantitative estimate of drug-likeness (QED) is 0.834. The molecule has 4 heteroatoms. The zero-order valence-electron chi connectivity index (χ0n) is 11.4. The van der Waals surface area contributed by atoms with E-state index in [4.69, 9.17) is 0 Å². The molecule has 1 aliphatic heterocycles. The van der Waals surface area contributed by atoms with Crippen LogP contribution in [0.4, 0.5) is 9.18 Å². The lowest BCUT2D eigenvalue weighted by Gasteiger charge is -2.28. The van der Waals surface area contributed by atoms with Crippen molar-refractivity contribution in [3.05, 3.63) is 35.1 Å². The molecule has 1 aromatic carbocycles. The summed E-state index contributed by atoms with van der Waals surface area (Å²) in [6.07, 6.45) is 1.82. The minimum Gasteiger partial charge on any atom is -0.465 e. The van der Waals surface area contributed by atoms with Gasteiger partial charge in [0.15, 0.2) is 0 Å². The number of carbonyl (C=O) groups is 1. The summed E-state index contributed by atoms with van der Waals surface area (Å²) in [6.45, 7) is 4.55. The Hall–Kier alpha value is -1.58. The number of hydrogen-bond donors (Lipinski definition) is 1. The van der Waals surface area contributed by atoms with Gasteiger partial charge in [0, 0.05) is 6.54 Å². The van der Waals surface area contributed by atoms with Crippen molar-refractivity contribution in [2.45, 2.75) is 39.2 Å². The molecule has 1 N–H and O–H groups in total. The summed E-state index contributed by atoms with van der Waals surface area (Å²) in [6, 6.07) is 4.46. The van der Waals surface area contributed by atoms with E-state index in [1.165, 1.54) is 17.0 Å². The first kappa shape index (κ1) is 13.8. The molecule has 1 saturated heterocycles. The number of halogens is 1. The molecule has 104 valence electrons. The Labute approximate surface area is 113 Å². The van der Waals surface area contributed by atoms with Gasteiger partial charge in [-0.15, -0.1) is 0 Å². The minimum atomic E-state index is -0.886. The molecule has 0 aromatic heterocycles. The molecule has 1 amide bonds. The molecule has 2 atom stereocenters. The van der Waals surface area contributed by atoms with E-state index in [-0.39, 0.29) is 11.9 Å². The van der Waals surface area contributed by atoms with Crippen molar-refractivity contribution in [3.63, 3.8) is 0 Å². The van der Waals surface area contributed by atoms with Gasteiger partial charge in [-0.1, -0.05) is 13.0 Å². The molecule has 2 unspecified atom stereocenters. The molecule has 3 nitrogen and oxygen atoms in total. The van der Waals surface area contributed by atoms with Crippen LogP contribution in [0, 0.1) is 18.7 Å². The highest BCUT2D eigenvalue weighted by atomic mass is 19.1. The van der Waals surface area contributed by atoms with E-state index < -0.39 is 6.09 Å². The summed E-state index contributed by atoms with van der Waals surface area (Å²) in [4.78, 5) is 12.9. The van der Waals surface area contributed by atoms with Crippen molar-refractivity contribution in [1.29, 1.82) is 0 Å². The van der Waals surface area contributed by atoms with Crippen LogP contribution >= 0.6 is 0 Å². The van der Waals surface area contributed by atoms with E-state index in [9.17, 15) is 14.3 Å². The number of carboxylic acid groups (broad SMARTS) is 1. The van der Waals surface area contributed by atoms with E-state index in [0.717, 1.165) is 30.4 Å². The Balaban J connectivity index is 2.34. The smallest absolute Gasteiger partial charge is 0.407 e. The molecule has 19 heavy (non-hydrogen) atoms. The van der Waals surface area contributed by atoms with Gasteiger partial charge in [0.1, 0.15) is 5.82 Å². The summed E-state index contributed by atoms with van der Waals surface area (Å²) in [5.74, 6) is 0.262. The highest BCUT2D eigenvalue weighted by Gasteiger charge is 2.29. The van der Waals surface area contributed by atoms with Crippen molar-refractivity contribution < 1.29 is 14.3 Å². The second kappa shape index (κ2) is 5.59. The number of hydrogen-bond acceptors (Lipinski definition) is 1. The van der Waals surface area contributed by atoms with Crippen LogP contribution in [0.25, 0.3) is 0 Å². The largest absolute Gasteiger partial charge is 0.465 e. The van der Waals surface area contributed by atoms with Crippen LogP contribution in [-0.4, -0.2) is 22.6 Å². The first-order valence-corrected chi connectivity index (χ1v) is 6.74. The second-order valence-corrected chi connectivity index (χ2v) is 5.46. The topological polar surface area (TPSA) is 40.5 Å². The average Bonchev–Trinajstić information content (AvgIpc) is 2.51. The fourth-order valence-corrected chi connectivity index (χ4v) is 2.82. The van der Waals surface area contributed by atoms with Crippen molar-refractivity contribution >= 4 is 6.09 Å². The Bertz CT molecular complexity index is 475. The van der Waals surface area contributed by atoms with Crippen molar-refractivity contribution in [1.82, 2.24) is 4.90 Å². The van der Waals surface area contributed by atoms with Crippen LogP contribution in [-0.2, 0) is 0 Å². The van der Waals surface area contributed by atoms with Crippen molar-refractivity contribution in [2.75, 3.05) is 6.54 Å². The van der Waals surface area contributed by atoms with Gasteiger partial charge in [-0.3, -0.25) is 0 Å². The maximum atomic E-state index is 13.2. The molecule has 1 fully saturated rings. The van der Waals surface area contributed by atoms with Gasteiger partial charge in [0.25, 0.3) is 0 Å². The lowest BCUT2D eigenvalue weighted by atomic mass is 9.94. The molecule has 1 aliphatic rings. The SMILES string of the molecule is Cc1cc(F)ccc1C1CCC(C)CCN1C(=O)O. The third kappa shape index (κ3) is 3.06. The summed E-state index contributed by atoms with van der Waals surface area (Å²) in [5, 5.41) is 9.38. The van der Waals surface area contributed by atoms with E-state index in [1.807, 2.05) is 6.92 Å². The lowest BCUT2D eigenvalue weighted by Crippen LogP contribution is -2.33. The fourth-order valence-electron chi connectivity index (χ4n) is 2.82. The van der Waals surface area contributed by atoms with Gasteiger partial charge >= 0.3 is 6.09 Å². The van der Waals surface area contributed by atoms with Gasteiger partial charge in [-0.05, 0) is 55.4 Å². The molecular weight excluding hydrogens is 245 g/mol. The van der Waals surface area contributed by atoms with Crippen molar-refractivity contribution in [3.8, 4) is 0 Å². The molecule has 0 radical (unpaired) electrons. The molecule has 2 rings (SSSR count). The predicted molar refractivity (Wildman–Crippen MR) is 71.6 cm³/mol. The average molecular weight is 265 g/mol. The second-order valence-electron chi connectivity index (χ2n) is 5.46. The third-order valence-corrected chi connectivity index (χ3v) is 4.01. The standard InChI is InChI=1S/C15H20FNO2/c1-10-3-6-14(17(8-7-10)15(18)19)13-5-4-12(16)9-11(13)2/h4-5,9-10,14H,3,6-8H2,1-2H3,(H,18,19). The van der Waals surface area contributed by atoms with E-state index in [2.05, 4.69) is 6.92 Å². The van der Waals surface area contributed by atoms with Crippen LogP contribution < -0.4 is 0 Å². The Morgan fingerprint density at radius 1 is 1.37 bits per heavy atom. The Morgan fingerprint density at radius 3 is 2.74 bits per heavy atom.